The Hall–Kier alpha value is -5.50. The average Bonchev–Trinajstić information content (AvgIpc) is 3.44. The van der Waals surface area contributed by atoms with E-state index < -0.39 is 11.9 Å². The van der Waals surface area contributed by atoms with Crippen LogP contribution >= 0.6 is 0 Å². The molecule has 0 radical (unpaired) electrons. The Labute approximate surface area is 222 Å². The second-order valence-corrected chi connectivity index (χ2v) is 8.90. The number of amides is 1. The van der Waals surface area contributed by atoms with Gasteiger partial charge in [0.05, 0.1) is 36.8 Å². The Balaban J connectivity index is 1.48. The molecule has 0 bridgehead atoms. The summed E-state index contributed by atoms with van der Waals surface area (Å²) < 4.78 is 19.9. The van der Waals surface area contributed by atoms with Gasteiger partial charge in [0.15, 0.2) is 11.6 Å². The van der Waals surface area contributed by atoms with Crippen molar-refractivity contribution < 1.29 is 13.9 Å². The molecule has 5 aromatic rings. The first-order valence-electron chi connectivity index (χ1n) is 12.0. The topological polar surface area (TPSA) is 123 Å². The van der Waals surface area contributed by atoms with Crippen LogP contribution in [0, 0.1) is 17.1 Å². The summed E-state index contributed by atoms with van der Waals surface area (Å²) >= 11 is 0. The van der Waals surface area contributed by atoms with Crippen molar-refractivity contribution in [3.05, 3.63) is 84.4 Å². The van der Waals surface area contributed by atoms with Crippen molar-refractivity contribution in [1.29, 1.82) is 5.26 Å². The van der Waals surface area contributed by atoms with Crippen molar-refractivity contribution in [3.63, 3.8) is 0 Å². The number of anilines is 6. The second kappa shape index (κ2) is 9.42. The number of methoxy groups -OCH3 is 1. The van der Waals surface area contributed by atoms with Crippen LogP contribution in [0.1, 0.15) is 12.5 Å². The molecule has 1 aliphatic rings. The highest BCUT2D eigenvalue weighted by atomic mass is 19.1. The predicted octanol–water partition coefficient (Wildman–Crippen LogP) is 5.32. The molecule has 1 aliphatic heterocycles. The van der Waals surface area contributed by atoms with E-state index in [0.29, 0.717) is 45.1 Å². The molecule has 3 aromatic carbocycles. The van der Waals surface area contributed by atoms with E-state index in [1.54, 1.807) is 56.5 Å². The van der Waals surface area contributed by atoms with Crippen LogP contribution < -0.4 is 19.9 Å². The number of hydrogen-bond acceptors (Lipinski definition) is 8. The number of carbonyl (C=O) groups is 1. The summed E-state index contributed by atoms with van der Waals surface area (Å²) in [7, 11) is 1.58. The average molecular weight is 521 g/mol. The molecule has 0 saturated carbocycles. The summed E-state index contributed by atoms with van der Waals surface area (Å²) in [6.45, 7) is 1.79. The molecule has 0 saturated heterocycles. The van der Waals surface area contributed by atoms with E-state index in [1.165, 1.54) is 23.4 Å². The fraction of sp³-hybridized carbons (Fsp3) is 0.107. The maximum Gasteiger partial charge on any atom is 0.254 e. The lowest BCUT2D eigenvalue weighted by Crippen LogP contribution is -2.48. The van der Waals surface area contributed by atoms with Crippen LogP contribution in [0.5, 0.6) is 5.75 Å². The minimum atomic E-state index is -0.654. The Bertz CT molecular complexity index is 1760. The molecule has 192 valence electrons. The zero-order valence-electron chi connectivity index (χ0n) is 20.9. The minimum Gasteiger partial charge on any atom is -0.497 e. The van der Waals surface area contributed by atoms with Gasteiger partial charge >= 0.3 is 0 Å². The first-order valence-corrected chi connectivity index (χ1v) is 12.0. The molecule has 0 fully saturated rings. The number of benzene rings is 3. The van der Waals surface area contributed by atoms with Crippen molar-refractivity contribution in [2.75, 3.05) is 22.2 Å². The number of nitriles is 1. The van der Waals surface area contributed by atoms with E-state index >= 15 is 0 Å². The number of nitrogens with one attached hydrogen (secondary N) is 2. The van der Waals surface area contributed by atoms with Crippen molar-refractivity contribution in [2.24, 2.45) is 0 Å². The van der Waals surface area contributed by atoms with Gasteiger partial charge in [0, 0.05) is 16.8 Å². The SMILES string of the molecule is COc1ccc(N2c3nc(Nc4cc(F)c5[nH]ncc5c4)ncc3N(c3cccc(C#N)c3)C(=O)[C@H]2C)cc1. The highest BCUT2D eigenvalue weighted by molar-refractivity contribution is 6.11. The second-order valence-electron chi connectivity index (χ2n) is 8.90. The number of aromatic nitrogens is 4. The van der Waals surface area contributed by atoms with E-state index in [0.717, 1.165) is 5.69 Å². The lowest BCUT2D eigenvalue weighted by Gasteiger charge is -2.40. The standard InChI is InChI=1S/C28H21FN8O2/c1-16-27(38)37(21-5-3-4-17(10-21)13-30)24-15-31-28(33-19-11-18-14-32-35-25(18)23(29)12-19)34-26(24)36(16)20-6-8-22(39-2)9-7-20/h3-12,14-16H,1-2H3,(H,32,35)(H,31,33,34)/t16-/m1/s1. The van der Waals surface area contributed by atoms with Crippen LogP contribution in [-0.4, -0.2) is 39.2 Å². The normalized spacial score (nSPS) is 14.7. The number of fused-ring (bicyclic) bond motifs is 2. The first-order chi connectivity index (χ1) is 19.0. The lowest BCUT2D eigenvalue weighted by molar-refractivity contribution is -0.118. The van der Waals surface area contributed by atoms with Gasteiger partial charge in [0.2, 0.25) is 5.95 Å². The number of hydrogen-bond donors (Lipinski definition) is 2. The van der Waals surface area contributed by atoms with Gasteiger partial charge in [0.25, 0.3) is 5.91 Å². The van der Waals surface area contributed by atoms with Crippen LogP contribution in [0.4, 0.5) is 38.9 Å². The zero-order chi connectivity index (χ0) is 27.1. The fourth-order valence-corrected chi connectivity index (χ4v) is 4.65. The van der Waals surface area contributed by atoms with Gasteiger partial charge in [-0.3, -0.25) is 14.8 Å². The third-order valence-electron chi connectivity index (χ3n) is 6.53. The van der Waals surface area contributed by atoms with Crippen molar-refractivity contribution in [2.45, 2.75) is 13.0 Å². The minimum absolute atomic E-state index is 0.210. The van der Waals surface area contributed by atoms with Gasteiger partial charge in [-0.2, -0.15) is 15.3 Å². The molecule has 0 unspecified atom stereocenters. The van der Waals surface area contributed by atoms with Crippen LogP contribution in [0.25, 0.3) is 10.9 Å². The van der Waals surface area contributed by atoms with Crippen LogP contribution in [0.15, 0.2) is 73.1 Å². The largest absolute Gasteiger partial charge is 0.497 e. The lowest BCUT2D eigenvalue weighted by atomic mass is 10.1. The molecule has 0 spiro atoms. The van der Waals surface area contributed by atoms with Crippen LogP contribution in [-0.2, 0) is 4.79 Å². The van der Waals surface area contributed by atoms with Crippen molar-refractivity contribution in [3.8, 4) is 11.8 Å². The fourth-order valence-electron chi connectivity index (χ4n) is 4.65. The van der Waals surface area contributed by atoms with Gasteiger partial charge in [-0.1, -0.05) is 6.07 Å². The molecule has 1 atom stereocenters. The number of ether oxygens (including phenoxy) is 1. The summed E-state index contributed by atoms with van der Waals surface area (Å²) in [6, 6.07) is 18.6. The summed E-state index contributed by atoms with van der Waals surface area (Å²) in [5, 5.41) is 19.6. The van der Waals surface area contributed by atoms with Crippen molar-refractivity contribution >= 4 is 51.3 Å². The maximum atomic E-state index is 14.6. The number of H-pyrrole nitrogens is 1. The predicted molar refractivity (Wildman–Crippen MR) is 144 cm³/mol. The third kappa shape index (κ3) is 4.14. The molecule has 1 amide bonds. The molecule has 2 aromatic heterocycles. The quantitative estimate of drug-likeness (QED) is 0.319. The summed E-state index contributed by atoms with van der Waals surface area (Å²) in [5.41, 5.74) is 2.85. The van der Waals surface area contributed by atoms with E-state index in [1.807, 2.05) is 17.0 Å². The first kappa shape index (κ1) is 23.9. The molecule has 0 aliphatic carbocycles. The smallest absolute Gasteiger partial charge is 0.254 e. The van der Waals surface area contributed by atoms with E-state index in [2.05, 4.69) is 26.6 Å². The number of nitrogens with zero attached hydrogens (tertiary/aromatic N) is 6. The van der Waals surface area contributed by atoms with Gasteiger partial charge in [-0.15, -0.1) is 0 Å². The maximum absolute atomic E-state index is 14.6. The molecule has 3 heterocycles. The number of halogens is 1. The van der Waals surface area contributed by atoms with E-state index in [9.17, 15) is 14.4 Å². The summed E-state index contributed by atoms with van der Waals surface area (Å²) in [4.78, 5) is 26.3. The summed E-state index contributed by atoms with van der Waals surface area (Å²) in [5.74, 6) is 0.656. The van der Waals surface area contributed by atoms with Crippen LogP contribution in [0.3, 0.4) is 0 Å². The molecular weight excluding hydrogens is 499 g/mol. The number of carbonyl (C=O) groups excluding carboxylic acids is 1. The molecule has 11 heteroatoms. The number of aromatic amines is 1. The Morgan fingerprint density at radius 2 is 1.92 bits per heavy atom. The van der Waals surface area contributed by atoms with Crippen molar-refractivity contribution in [1.82, 2.24) is 20.2 Å². The third-order valence-corrected chi connectivity index (χ3v) is 6.53. The molecule has 2 N–H and O–H groups in total. The Morgan fingerprint density at radius 3 is 2.69 bits per heavy atom. The van der Waals surface area contributed by atoms with Gasteiger partial charge in [-0.05, 0) is 61.5 Å². The Morgan fingerprint density at radius 1 is 1.10 bits per heavy atom. The van der Waals surface area contributed by atoms with E-state index in [-0.39, 0.29) is 11.9 Å². The summed E-state index contributed by atoms with van der Waals surface area (Å²) in [6.07, 6.45) is 3.07. The van der Waals surface area contributed by atoms with Gasteiger partial charge in [-0.25, -0.2) is 9.37 Å². The molecule has 6 rings (SSSR count). The van der Waals surface area contributed by atoms with Gasteiger partial charge in [0.1, 0.15) is 23.0 Å². The highest BCUT2D eigenvalue weighted by Crippen LogP contribution is 2.43. The molecule has 10 nitrogen and oxygen atoms in total. The monoisotopic (exact) mass is 520 g/mol. The molecule has 39 heavy (non-hydrogen) atoms. The number of rotatable bonds is 5. The Kier molecular flexibility index (Phi) is 5.77. The highest BCUT2D eigenvalue weighted by Gasteiger charge is 2.39. The van der Waals surface area contributed by atoms with Crippen LogP contribution in [0.2, 0.25) is 0 Å². The van der Waals surface area contributed by atoms with E-state index in [4.69, 9.17) is 9.72 Å². The molecular formula is C28H21FN8O2. The van der Waals surface area contributed by atoms with Gasteiger partial charge < -0.3 is 15.0 Å². The zero-order valence-corrected chi connectivity index (χ0v) is 20.9.